The van der Waals surface area contributed by atoms with Crippen molar-refractivity contribution in [2.75, 3.05) is 26.2 Å². The van der Waals surface area contributed by atoms with Crippen molar-refractivity contribution in [3.63, 3.8) is 0 Å². The van der Waals surface area contributed by atoms with Crippen molar-refractivity contribution < 1.29 is 13.2 Å². The predicted octanol–water partition coefficient (Wildman–Crippen LogP) is 2.65. The molecule has 0 aliphatic carbocycles. The first-order valence-electron chi connectivity index (χ1n) is 6.39. The zero-order valence-electron chi connectivity index (χ0n) is 10.7. The Labute approximate surface area is 102 Å². The standard InChI is InChI=1S/C12H23F3N2/c1-10-8-16-11(2)4-7-17(9-10)6-3-5-12(13,14)15/h10-11,16H,3-9H2,1-2H3. The smallest absolute Gasteiger partial charge is 0.314 e. The van der Waals surface area contributed by atoms with Crippen molar-refractivity contribution in [1.82, 2.24) is 10.2 Å². The summed E-state index contributed by atoms with van der Waals surface area (Å²) in [5.41, 5.74) is 0. The van der Waals surface area contributed by atoms with Gasteiger partial charge in [0.1, 0.15) is 0 Å². The van der Waals surface area contributed by atoms with E-state index in [1.165, 1.54) is 0 Å². The maximum atomic E-state index is 12.1. The molecule has 0 amide bonds. The van der Waals surface area contributed by atoms with Crippen molar-refractivity contribution in [1.29, 1.82) is 0 Å². The van der Waals surface area contributed by atoms with Gasteiger partial charge in [-0.25, -0.2) is 0 Å². The molecule has 1 heterocycles. The molecule has 0 aromatic heterocycles. The van der Waals surface area contributed by atoms with Crippen LogP contribution in [0.4, 0.5) is 13.2 Å². The van der Waals surface area contributed by atoms with E-state index < -0.39 is 12.6 Å². The molecular weight excluding hydrogens is 229 g/mol. The average Bonchev–Trinajstić information content (AvgIpc) is 2.19. The molecule has 1 fully saturated rings. The molecule has 17 heavy (non-hydrogen) atoms. The Balaban J connectivity index is 2.30. The lowest BCUT2D eigenvalue weighted by molar-refractivity contribution is -0.136. The van der Waals surface area contributed by atoms with Crippen molar-refractivity contribution in [2.45, 2.75) is 45.3 Å². The van der Waals surface area contributed by atoms with E-state index in [1.54, 1.807) is 0 Å². The van der Waals surface area contributed by atoms with E-state index in [0.717, 1.165) is 26.1 Å². The fourth-order valence-electron chi connectivity index (χ4n) is 2.18. The molecule has 0 aromatic rings. The van der Waals surface area contributed by atoms with E-state index in [4.69, 9.17) is 0 Å². The second kappa shape index (κ2) is 6.59. The number of nitrogens with zero attached hydrogens (tertiary/aromatic N) is 1. The second-order valence-electron chi connectivity index (χ2n) is 5.22. The highest BCUT2D eigenvalue weighted by atomic mass is 19.4. The highest BCUT2D eigenvalue weighted by molar-refractivity contribution is 4.73. The summed E-state index contributed by atoms with van der Waals surface area (Å²) in [5, 5.41) is 3.43. The first-order valence-corrected chi connectivity index (χ1v) is 6.39. The molecule has 5 heteroatoms. The van der Waals surface area contributed by atoms with Crippen LogP contribution in [-0.4, -0.2) is 43.3 Å². The van der Waals surface area contributed by atoms with Crippen LogP contribution in [0.15, 0.2) is 0 Å². The molecule has 0 bridgehead atoms. The van der Waals surface area contributed by atoms with E-state index in [2.05, 4.69) is 24.1 Å². The van der Waals surface area contributed by atoms with Gasteiger partial charge in [0.15, 0.2) is 0 Å². The third kappa shape index (κ3) is 6.88. The molecule has 0 radical (unpaired) electrons. The number of nitrogens with one attached hydrogen (secondary N) is 1. The van der Waals surface area contributed by atoms with Gasteiger partial charge in [0, 0.05) is 19.0 Å². The van der Waals surface area contributed by atoms with Gasteiger partial charge < -0.3 is 10.2 Å². The highest BCUT2D eigenvalue weighted by Crippen LogP contribution is 2.21. The minimum atomic E-state index is -4.01. The monoisotopic (exact) mass is 252 g/mol. The Bertz CT molecular complexity index is 218. The summed E-state index contributed by atoms with van der Waals surface area (Å²) in [4.78, 5) is 2.17. The van der Waals surface area contributed by atoms with Crippen LogP contribution < -0.4 is 5.32 Å². The molecule has 1 rings (SSSR count). The first-order chi connectivity index (χ1) is 7.87. The summed E-state index contributed by atoms with van der Waals surface area (Å²) in [6, 6.07) is 0.461. The van der Waals surface area contributed by atoms with Crippen LogP contribution in [0.1, 0.15) is 33.1 Å². The number of halogens is 3. The molecule has 1 aliphatic heterocycles. The second-order valence-corrected chi connectivity index (χ2v) is 5.22. The predicted molar refractivity (Wildman–Crippen MR) is 63.0 cm³/mol. The van der Waals surface area contributed by atoms with Crippen LogP contribution in [0.25, 0.3) is 0 Å². The number of hydrogen-bond acceptors (Lipinski definition) is 2. The normalized spacial score (nSPS) is 28.8. The van der Waals surface area contributed by atoms with Crippen LogP contribution in [0, 0.1) is 5.92 Å². The fraction of sp³-hybridized carbons (Fsp3) is 1.00. The van der Waals surface area contributed by atoms with Crippen LogP contribution in [0.2, 0.25) is 0 Å². The molecule has 0 aromatic carbocycles. The van der Waals surface area contributed by atoms with Gasteiger partial charge in [0.2, 0.25) is 0 Å². The van der Waals surface area contributed by atoms with Crippen LogP contribution >= 0.6 is 0 Å². The van der Waals surface area contributed by atoms with Gasteiger partial charge in [-0.1, -0.05) is 6.92 Å². The average molecular weight is 252 g/mol. The summed E-state index contributed by atoms with van der Waals surface area (Å²) in [6.07, 6.45) is -3.44. The quantitative estimate of drug-likeness (QED) is 0.830. The van der Waals surface area contributed by atoms with Gasteiger partial charge in [-0.15, -0.1) is 0 Å². The van der Waals surface area contributed by atoms with Gasteiger partial charge >= 0.3 is 6.18 Å². The first kappa shape index (κ1) is 14.8. The van der Waals surface area contributed by atoms with Gasteiger partial charge in [0.05, 0.1) is 0 Å². The summed E-state index contributed by atoms with van der Waals surface area (Å²) in [6.45, 7) is 7.59. The number of alkyl halides is 3. The van der Waals surface area contributed by atoms with E-state index in [1.807, 2.05) is 0 Å². The molecule has 2 nitrogen and oxygen atoms in total. The molecular formula is C12H23F3N2. The summed E-state index contributed by atoms with van der Waals surface area (Å²) < 4.78 is 36.2. The largest absolute Gasteiger partial charge is 0.389 e. The Hall–Kier alpha value is -0.290. The molecule has 1 saturated heterocycles. The summed E-state index contributed by atoms with van der Waals surface area (Å²) in [5.74, 6) is 0.503. The molecule has 0 spiro atoms. The fourth-order valence-corrected chi connectivity index (χ4v) is 2.18. The Morgan fingerprint density at radius 1 is 1.29 bits per heavy atom. The third-order valence-electron chi connectivity index (χ3n) is 3.20. The van der Waals surface area contributed by atoms with Crippen molar-refractivity contribution in [3.8, 4) is 0 Å². The maximum absolute atomic E-state index is 12.1. The Morgan fingerprint density at radius 3 is 2.65 bits per heavy atom. The van der Waals surface area contributed by atoms with E-state index >= 15 is 0 Å². The van der Waals surface area contributed by atoms with E-state index in [0.29, 0.717) is 18.5 Å². The number of hydrogen-bond donors (Lipinski definition) is 1. The minimum Gasteiger partial charge on any atom is -0.314 e. The van der Waals surface area contributed by atoms with Crippen molar-refractivity contribution in [3.05, 3.63) is 0 Å². The van der Waals surface area contributed by atoms with Crippen molar-refractivity contribution in [2.24, 2.45) is 5.92 Å². The molecule has 1 aliphatic rings. The van der Waals surface area contributed by atoms with Crippen molar-refractivity contribution >= 4 is 0 Å². The molecule has 0 saturated carbocycles. The Kier molecular flexibility index (Phi) is 5.73. The zero-order chi connectivity index (χ0) is 12.9. The van der Waals surface area contributed by atoms with Gasteiger partial charge in [-0.05, 0) is 45.3 Å². The molecule has 2 unspecified atom stereocenters. The Morgan fingerprint density at radius 2 is 2.00 bits per heavy atom. The van der Waals surface area contributed by atoms with Crippen LogP contribution in [0.5, 0.6) is 0 Å². The van der Waals surface area contributed by atoms with Crippen LogP contribution in [0.3, 0.4) is 0 Å². The lowest BCUT2D eigenvalue weighted by Crippen LogP contribution is -2.42. The summed E-state index contributed by atoms with van der Waals surface area (Å²) >= 11 is 0. The topological polar surface area (TPSA) is 15.3 Å². The van der Waals surface area contributed by atoms with Gasteiger partial charge in [-0.3, -0.25) is 0 Å². The molecule has 102 valence electrons. The van der Waals surface area contributed by atoms with Gasteiger partial charge in [-0.2, -0.15) is 13.2 Å². The zero-order valence-corrected chi connectivity index (χ0v) is 10.7. The van der Waals surface area contributed by atoms with Crippen LogP contribution in [-0.2, 0) is 0 Å². The number of rotatable bonds is 3. The SMILES string of the molecule is CC1CNC(C)CCN(CCCC(F)(F)F)C1. The minimum absolute atomic E-state index is 0.220. The lowest BCUT2D eigenvalue weighted by atomic mass is 10.1. The highest BCUT2D eigenvalue weighted by Gasteiger charge is 2.26. The van der Waals surface area contributed by atoms with Gasteiger partial charge in [0.25, 0.3) is 0 Å². The van der Waals surface area contributed by atoms with E-state index in [9.17, 15) is 13.2 Å². The third-order valence-corrected chi connectivity index (χ3v) is 3.20. The van der Waals surface area contributed by atoms with E-state index in [-0.39, 0.29) is 6.42 Å². The molecule has 1 N–H and O–H groups in total. The molecule has 2 atom stereocenters. The lowest BCUT2D eigenvalue weighted by Gasteiger charge is -2.31. The summed E-state index contributed by atoms with van der Waals surface area (Å²) in [7, 11) is 0. The maximum Gasteiger partial charge on any atom is 0.389 e.